The Morgan fingerprint density at radius 2 is 1.88 bits per heavy atom. The number of nitrogens with one attached hydrogen (secondary N) is 2. The summed E-state index contributed by atoms with van der Waals surface area (Å²) < 4.78 is 12.0. The van der Waals surface area contributed by atoms with Crippen molar-refractivity contribution in [2.75, 3.05) is 26.1 Å². The van der Waals surface area contributed by atoms with Gasteiger partial charge in [-0.3, -0.25) is 4.79 Å². The number of aryl methyl sites for hydroxylation is 1. The molecular weight excluding hydrogens is 372 g/mol. The largest absolute Gasteiger partial charge is 0.493 e. The van der Waals surface area contributed by atoms with E-state index in [0.29, 0.717) is 18.0 Å². The average molecular weight is 393 g/mol. The first-order chi connectivity index (χ1) is 11.5. The highest BCUT2D eigenvalue weighted by molar-refractivity contribution is 9.10. The molecule has 0 aliphatic rings. The van der Waals surface area contributed by atoms with Gasteiger partial charge in [-0.15, -0.1) is 0 Å². The van der Waals surface area contributed by atoms with E-state index in [2.05, 4.69) is 26.6 Å². The summed E-state index contributed by atoms with van der Waals surface area (Å²) in [5, 5.41) is 5.89. The van der Waals surface area contributed by atoms with Gasteiger partial charge in [-0.25, -0.2) is 0 Å². The van der Waals surface area contributed by atoms with Gasteiger partial charge in [0, 0.05) is 22.3 Å². The molecule has 0 unspecified atom stereocenters. The highest BCUT2D eigenvalue weighted by Crippen LogP contribution is 2.36. The molecular formula is C18H21BrN2O3. The molecule has 0 atom stereocenters. The number of rotatable bonds is 7. The van der Waals surface area contributed by atoms with E-state index in [1.54, 1.807) is 13.2 Å². The quantitative estimate of drug-likeness (QED) is 0.756. The molecule has 1 amide bonds. The standard InChI is InChI=1S/C18H21BrN2O3/c1-12-4-6-13(7-5-12)21-17(22)11-24-18-14(10-20-2)15(19)8-9-16(18)23-3/h4-9,20H,10-11H2,1-3H3,(H,21,22). The van der Waals surface area contributed by atoms with Crippen LogP contribution in [0.15, 0.2) is 40.9 Å². The molecule has 0 aliphatic heterocycles. The summed E-state index contributed by atoms with van der Waals surface area (Å²) in [6, 6.07) is 11.3. The van der Waals surface area contributed by atoms with Crippen LogP contribution in [0.5, 0.6) is 11.5 Å². The van der Waals surface area contributed by atoms with Crippen LogP contribution in [0.2, 0.25) is 0 Å². The number of halogens is 1. The molecule has 0 heterocycles. The van der Waals surface area contributed by atoms with Gasteiger partial charge in [-0.2, -0.15) is 0 Å². The molecule has 0 saturated carbocycles. The summed E-state index contributed by atoms with van der Waals surface area (Å²) in [6.45, 7) is 2.49. The van der Waals surface area contributed by atoms with Crippen LogP contribution in [0.3, 0.4) is 0 Å². The van der Waals surface area contributed by atoms with E-state index in [0.717, 1.165) is 21.3 Å². The van der Waals surface area contributed by atoms with Gasteiger partial charge in [0.25, 0.3) is 5.91 Å². The molecule has 0 aliphatic carbocycles. The van der Waals surface area contributed by atoms with E-state index >= 15 is 0 Å². The van der Waals surface area contributed by atoms with Crippen molar-refractivity contribution in [1.82, 2.24) is 5.32 Å². The average Bonchev–Trinajstić information content (AvgIpc) is 2.57. The number of anilines is 1. The normalized spacial score (nSPS) is 10.3. The zero-order chi connectivity index (χ0) is 17.5. The van der Waals surface area contributed by atoms with Crippen LogP contribution in [-0.4, -0.2) is 26.7 Å². The molecule has 128 valence electrons. The summed E-state index contributed by atoms with van der Waals surface area (Å²) in [4.78, 5) is 12.1. The molecule has 0 saturated heterocycles. The van der Waals surface area contributed by atoms with Crippen LogP contribution in [-0.2, 0) is 11.3 Å². The molecule has 6 heteroatoms. The molecule has 0 radical (unpaired) electrons. The van der Waals surface area contributed by atoms with E-state index in [9.17, 15) is 4.79 Å². The minimum atomic E-state index is -0.226. The summed E-state index contributed by atoms with van der Waals surface area (Å²) in [5.74, 6) is 0.920. The number of amides is 1. The Bertz CT molecular complexity index is 702. The fourth-order valence-electron chi connectivity index (χ4n) is 2.21. The lowest BCUT2D eigenvalue weighted by atomic mass is 10.2. The number of methoxy groups -OCH3 is 1. The Morgan fingerprint density at radius 1 is 1.17 bits per heavy atom. The molecule has 24 heavy (non-hydrogen) atoms. The lowest BCUT2D eigenvalue weighted by molar-refractivity contribution is -0.118. The monoisotopic (exact) mass is 392 g/mol. The van der Waals surface area contributed by atoms with E-state index in [-0.39, 0.29) is 12.5 Å². The minimum Gasteiger partial charge on any atom is -0.493 e. The molecule has 2 aromatic rings. The van der Waals surface area contributed by atoms with Crippen LogP contribution in [0.25, 0.3) is 0 Å². The second-order valence-electron chi connectivity index (χ2n) is 5.29. The van der Waals surface area contributed by atoms with Crippen LogP contribution in [0, 0.1) is 6.92 Å². The Labute approximate surface area is 150 Å². The second kappa shape index (κ2) is 8.70. The maximum absolute atomic E-state index is 12.1. The van der Waals surface area contributed by atoms with E-state index in [1.807, 2.05) is 44.3 Å². The van der Waals surface area contributed by atoms with Crippen molar-refractivity contribution < 1.29 is 14.3 Å². The zero-order valence-corrected chi connectivity index (χ0v) is 15.6. The molecule has 0 bridgehead atoms. The minimum absolute atomic E-state index is 0.0998. The van der Waals surface area contributed by atoms with E-state index < -0.39 is 0 Å². The van der Waals surface area contributed by atoms with Gasteiger partial charge in [0.2, 0.25) is 0 Å². The maximum atomic E-state index is 12.1. The first kappa shape index (κ1) is 18.3. The molecule has 0 aromatic heterocycles. The third-order valence-electron chi connectivity index (χ3n) is 3.42. The summed E-state index contributed by atoms with van der Waals surface area (Å²) in [6.07, 6.45) is 0. The number of carbonyl (C=O) groups excluding carboxylic acids is 1. The highest BCUT2D eigenvalue weighted by atomic mass is 79.9. The molecule has 2 N–H and O–H groups in total. The van der Waals surface area contributed by atoms with Crippen LogP contribution in [0.1, 0.15) is 11.1 Å². The van der Waals surface area contributed by atoms with Crippen molar-refractivity contribution in [3.8, 4) is 11.5 Å². The molecule has 2 aromatic carbocycles. The first-order valence-corrected chi connectivity index (χ1v) is 8.33. The van der Waals surface area contributed by atoms with Crippen LogP contribution in [0.4, 0.5) is 5.69 Å². The highest BCUT2D eigenvalue weighted by Gasteiger charge is 2.15. The molecule has 5 nitrogen and oxygen atoms in total. The summed E-state index contributed by atoms with van der Waals surface area (Å²) >= 11 is 3.50. The van der Waals surface area contributed by atoms with Gasteiger partial charge >= 0.3 is 0 Å². The van der Waals surface area contributed by atoms with Crippen molar-refractivity contribution in [2.24, 2.45) is 0 Å². The third kappa shape index (κ3) is 4.72. The van der Waals surface area contributed by atoms with Gasteiger partial charge in [0.1, 0.15) is 0 Å². The maximum Gasteiger partial charge on any atom is 0.262 e. The van der Waals surface area contributed by atoms with E-state index in [1.165, 1.54) is 0 Å². The number of carbonyl (C=O) groups is 1. The van der Waals surface area contributed by atoms with Gasteiger partial charge < -0.3 is 20.1 Å². The Hall–Kier alpha value is -2.05. The predicted octanol–water partition coefficient (Wildman–Crippen LogP) is 3.50. The molecule has 0 fully saturated rings. The van der Waals surface area contributed by atoms with Crippen molar-refractivity contribution >= 4 is 27.5 Å². The lowest BCUT2D eigenvalue weighted by Gasteiger charge is -2.16. The van der Waals surface area contributed by atoms with Gasteiger partial charge in [0.05, 0.1) is 7.11 Å². The Morgan fingerprint density at radius 3 is 2.50 bits per heavy atom. The fourth-order valence-corrected chi connectivity index (χ4v) is 2.67. The van der Waals surface area contributed by atoms with Gasteiger partial charge in [-0.05, 0) is 38.2 Å². The summed E-state index contributed by atoms with van der Waals surface area (Å²) in [5.41, 5.74) is 2.78. The van der Waals surface area contributed by atoms with Crippen LogP contribution < -0.4 is 20.1 Å². The lowest BCUT2D eigenvalue weighted by Crippen LogP contribution is -2.21. The second-order valence-corrected chi connectivity index (χ2v) is 6.14. The van der Waals surface area contributed by atoms with E-state index in [4.69, 9.17) is 9.47 Å². The Kier molecular flexibility index (Phi) is 6.63. The number of hydrogen-bond donors (Lipinski definition) is 2. The van der Waals surface area contributed by atoms with Crippen molar-refractivity contribution in [2.45, 2.75) is 13.5 Å². The molecule has 0 spiro atoms. The third-order valence-corrected chi connectivity index (χ3v) is 4.17. The van der Waals surface area contributed by atoms with Gasteiger partial charge in [0.15, 0.2) is 18.1 Å². The van der Waals surface area contributed by atoms with Crippen molar-refractivity contribution in [1.29, 1.82) is 0 Å². The zero-order valence-electron chi connectivity index (χ0n) is 14.0. The SMILES string of the molecule is CNCc1c(Br)ccc(OC)c1OCC(=O)Nc1ccc(C)cc1. The predicted molar refractivity (Wildman–Crippen MR) is 98.8 cm³/mol. The van der Waals surface area contributed by atoms with Gasteiger partial charge in [-0.1, -0.05) is 33.6 Å². The van der Waals surface area contributed by atoms with Crippen molar-refractivity contribution in [3.05, 3.63) is 52.0 Å². The fraction of sp³-hybridized carbons (Fsp3) is 0.278. The Balaban J connectivity index is 2.08. The summed E-state index contributed by atoms with van der Waals surface area (Å²) in [7, 11) is 3.42. The first-order valence-electron chi connectivity index (χ1n) is 7.54. The number of hydrogen-bond acceptors (Lipinski definition) is 4. The number of ether oxygens (including phenoxy) is 2. The van der Waals surface area contributed by atoms with Crippen LogP contribution >= 0.6 is 15.9 Å². The number of benzene rings is 2. The smallest absolute Gasteiger partial charge is 0.262 e. The topological polar surface area (TPSA) is 59.6 Å². The van der Waals surface area contributed by atoms with Crippen molar-refractivity contribution in [3.63, 3.8) is 0 Å². The molecule has 2 rings (SSSR count).